The zero-order valence-electron chi connectivity index (χ0n) is 19.4. The van der Waals surface area contributed by atoms with Crippen LogP contribution in [-0.4, -0.2) is 47.5 Å². The number of benzene rings is 3. The van der Waals surface area contributed by atoms with Crippen molar-refractivity contribution in [1.82, 2.24) is 9.80 Å². The van der Waals surface area contributed by atoms with Crippen molar-refractivity contribution in [2.45, 2.75) is 24.9 Å². The molecule has 6 heteroatoms. The van der Waals surface area contributed by atoms with E-state index in [4.69, 9.17) is 4.74 Å². The molecule has 0 bridgehead atoms. The van der Waals surface area contributed by atoms with Gasteiger partial charge < -0.3 is 4.74 Å². The predicted molar refractivity (Wildman–Crippen MR) is 131 cm³/mol. The summed E-state index contributed by atoms with van der Waals surface area (Å²) in [6, 6.07) is 29.4. The van der Waals surface area contributed by atoms with Gasteiger partial charge in [-0.05, 0) is 35.2 Å². The number of nitrogens with zero attached hydrogens (tertiary/aromatic N) is 3. The molecule has 0 aromatic heterocycles. The third-order valence-electron chi connectivity index (χ3n) is 6.92. The summed E-state index contributed by atoms with van der Waals surface area (Å²) in [5, 5.41) is 9.41. The Morgan fingerprint density at radius 1 is 0.943 bits per heavy atom. The van der Waals surface area contributed by atoms with E-state index in [2.05, 4.69) is 23.1 Å². The number of carbonyl (C=O) groups is 2. The number of amides is 2. The minimum absolute atomic E-state index is 0.120. The molecular formula is C29H27N3O3. The number of ether oxygens (including phenoxy) is 1. The lowest BCUT2D eigenvalue weighted by Gasteiger charge is -2.26. The van der Waals surface area contributed by atoms with Crippen LogP contribution in [0.5, 0.6) is 0 Å². The van der Waals surface area contributed by atoms with Gasteiger partial charge in [0.1, 0.15) is 6.61 Å². The van der Waals surface area contributed by atoms with Crippen LogP contribution in [0, 0.1) is 17.2 Å². The van der Waals surface area contributed by atoms with Crippen molar-refractivity contribution in [2.75, 3.05) is 19.7 Å². The largest absolute Gasteiger partial charge is 0.447 e. The fourth-order valence-electron chi connectivity index (χ4n) is 5.23. The van der Waals surface area contributed by atoms with E-state index in [1.54, 1.807) is 6.07 Å². The molecule has 2 amide bonds. The normalized spacial score (nSPS) is 22.1. The fraction of sp³-hybridized carbons (Fsp3) is 0.276. The molecule has 0 radical (unpaired) electrons. The average molecular weight is 466 g/mol. The molecule has 35 heavy (non-hydrogen) atoms. The molecular weight excluding hydrogens is 438 g/mol. The fourth-order valence-corrected chi connectivity index (χ4v) is 5.23. The summed E-state index contributed by atoms with van der Waals surface area (Å²) < 4.78 is 5.34. The molecule has 5 rings (SSSR count). The van der Waals surface area contributed by atoms with E-state index in [9.17, 15) is 14.9 Å². The SMILES string of the molecule is N#Cc1cccc([C@H]2CN(Cc3ccccc3)C[C@@H]2C(=O)N2C(=O)OC[C@@H]2Cc2ccccc2)c1. The van der Waals surface area contributed by atoms with Crippen molar-refractivity contribution in [2.24, 2.45) is 5.92 Å². The molecule has 176 valence electrons. The van der Waals surface area contributed by atoms with Crippen LogP contribution in [0.25, 0.3) is 0 Å². The Labute approximate surface area is 205 Å². The molecule has 0 unspecified atom stereocenters. The average Bonchev–Trinajstić information content (AvgIpc) is 3.48. The van der Waals surface area contributed by atoms with Crippen LogP contribution < -0.4 is 0 Å². The third-order valence-corrected chi connectivity index (χ3v) is 6.92. The highest BCUT2D eigenvalue weighted by atomic mass is 16.6. The number of likely N-dealkylation sites (tertiary alicyclic amines) is 1. The number of rotatable bonds is 6. The van der Waals surface area contributed by atoms with Crippen molar-refractivity contribution in [3.8, 4) is 6.07 Å². The maximum Gasteiger partial charge on any atom is 0.416 e. The van der Waals surface area contributed by atoms with Gasteiger partial charge in [0.15, 0.2) is 0 Å². The van der Waals surface area contributed by atoms with Gasteiger partial charge >= 0.3 is 6.09 Å². The molecule has 2 aliphatic rings. The first-order valence-corrected chi connectivity index (χ1v) is 11.9. The highest BCUT2D eigenvalue weighted by molar-refractivity contribution is 5.95. The second-order valence-electron chi connectivity index (χ2n) is 9.26. The first-order chi connectivity index (χ1) is 17.1. The van der Waals surface area contributed by atoms with Crippen LogP contribution in [0.2, 0.25) is 0 Å². The van der Waals surface area contributed by atoms with Gasteiger partial charge in [0, 0.05) is 25.6 Å². The lowest BCUT2D eigenvalue weighted by Crippen LogP contribution is -2.45. The van der Waals surface area contributed by atoms with Crippen LogP contribution in [0.1, 0.15) is 28.2 Å². The summed E-state index contributed by atoms with van der Waals surface area (Å²) in [5.41, 5.74) is 3.75. The second kappa shape index (κ2) is 10.1. The van der Waals surface area contributed by atoms with Crippen LogP contribution in [0.15, 0.2) is 84.9 Å². The van der Waals surface area contributed by atoms with Gasteiger partial charge in [0.2, 0.25) is 5.91 Å². The van der Waals surface area contributed by atoms with Crippen LogP contribution in [0.3, 0.4) is 0 Å². The Hall–Kier alpha value is -3.95. The smallest absolute Gasteiger partial charge is 0.416 e. The molecule has 2 fully saturated rings. The van der Waals surface area contributed by atoms with Gasteiger partial charge in [-0.25, -0.2) is 9.69 Å². The molecule has 2 aliphatic heterocycles. The van der Waals surface area contributed by atoms with Gasteiger partial charge in [-0.3, -0.25) is 9.69 Å². The Morgan fingerprint density at radius 3 is 2.37 bits per heavy atom. The van der Waals surface area contributed by atoms with Gasteiger partial charge in [-0.1, -0.05) is 72.8 Å². The van der Waals surface area contributed by atoms with E-state index in [0.717, 1.165) is 17.7 Å². The van der Waals surface area contributed by atoms with E-state index < -0.39 is 12.0 Å². The number of imide groups is 1. The summed E-state index contributed by atoms with van der Waals surface area (Å²) in [5.74, 6) is -0.724. The molecule has 3 aromatic carbocycles. The number of hydrogen-bond donors (Lipinski definition) is 0. The first-order valence-electron chi connectivity index (χ1n) is 11.9. The number of hydrogen-bond acceptors (Lipinski definition) is 5. The number of carbonyl (C=O) groups excluding carboxylic acids is 2. The molecule has 2 heterocycles. The zero-order valence-corrected chi connectivity index (χ0v) is 19.4. The molecule has 0 N–H and O–H groups in total. The summed E-state index contributed by atoms with van der Waals surface area (Å²) in [4.78, 5) is 30.2. The molecule has 0 saturated carbocycles. The van der Waals surface area contributed by atoms with Crippen molar-refractivity contribution in [3.05, 3.63) is 107 Å². The highest BCUT2D eigenvalue weighted by Crippen LogP contribution is 2.36. The van der Waals surface area contributed by atoms with E-state index in [1.807, 2.05) is 66.7 Å². The minimum Gasteiger partial charge on any atom is -0.447 e. The van der Waals surface area contributed by atoms with E-state index in [1.165, 1.54) is 10.5 Å². The predicted octanol–water partition coefficient (Wildman–Crippen LogP) is 4.36. The molecule has 0 aliphatic carbocycles. The zero-order chi connectivity index (χ0) is 24.2. The molecule has 0 spiro atoms. The van der Waals surface area contributed by atoms with Gasteiger partial charge in [0.05, 0.1) is 23.6 Å². The quantitative estimate of drug-likeness (QED) is 0.541. The van der Waals surface area contributed by atoms with E-state index >= 15 is 0 Å². The maximum absolute atomic E-state index is 13.9. The van der Waals surface area contributed by atoms with Crippen molar-refractivity contribution < 1.29 is 14.3 Å². The van der Waals surface area contributed by atoms with Crippen molar-refractivity contribution in [1.29, 1.82) is 5.26 Å². The molecule has 6 nitrogen and oxygen atoms in total. The number of cyclic esters (lactones) is 1. The summed E-state index contributed by atoms with van der Waals surface area (Å²) in [7, 11) is 0. The van der Waals surface area contributed by atoms with Gasteiger partial charge in [-0.2, -0.15) is 5.26 Å². The number of nitriles is 1. The van der Waals surface area contributed by atoms with Crippen LogP contribution >= 0.6 is 0 Å². The second-order valence-corrected chi connectivity index (χ2v) is 9.26. The lowest BCUT2D eigenvalue weighted by molar-refractivity contribution is -0.133. The van der Waals surface area contributed by atoms with Crippen molar-refractivity contribution >= 4 is 12.0 Å². The van der Waals surface area contributed by atoms with Gasteiger partial charge in [-0.15, -0.1) is 0 Å². The van der Waals surface area contributed by atoms with Crippen LogP contribution in [-0.2, 0) is 22.5 Å². The summed E-state index contributed by atoms with van der Waals surface area (Å²) in [6.07, 6.45) is -0.00477. The summed E-state index contributed by atoms with van der Waals surface area (Å²) >= 11 is 0. The van der Waals surface area contributed by atoms with Crippen molar-refractivity contribution in [3.63, 3.8) is 0 Å². The van der Waals surface area contributed by atoms with Gasteiger partial charge in [0.25, 0.3) is 0 Å². The monoisotopic (exact) mass is 465 g/mol. The molecule has 3 atom stereocenters. The Kier molecular flexibility index (Phi) is 6.60. The standard InChI is InChI=1S/C29H27N3O3/c30-16-23-12-7-13-24(14-23)26-18-31(17-22-10-5-2-6-11-22)19-27(26)28(33)32-25(20-35-29(32)34)15-21-8-3-1-4-9-21/h1-14,25-27H,15,17-20H2/t25-,26+,27-/m0/s1. The Balaban J connectivity index is 1.42. The first kappa shape index (κ1) is 22.8. The van der Waals surface area contributed by atoms with E-state index in [-0.39, 0.29) is 24.5 Å². The molecule has 2 saturated heterocycles. The Bertz CT molecular complexity index is 1240. The highest BCUT2D eigenvalue weighted by Gasteiger charge is 2.46. The van der Waals surface area contributed by atoms with E-state index in [0.29, 0.717) is 25.1 Å². The third kappa shape index (κ3) is 4.96. The lowest BCUT2D eigenvalue weighted by atomic mass is 9.87. The topological polar surface area (TPSA) is 73.6 Å². The minimum atomic E-state index is -0.568. The van der Waals surface area contributed by atoms with Crippen LogP contribution in [0.4, 0.5) is 4.79 Å². The Morgan fingerprint density at radius 2 is 1.66 bits per heavy atom. The molecule has 3 aromatic rings. The summed E-state index contributed by atoms with van der Waals surface area (Å²) in [6.45, 7) is 2.13. The maximum atomic E-state index is 13.9.